The molecule has 0 aromatic heterocycles. The number of methoxy groups -OCH3 is 1. The predicted molar refractivity (Wildman–Crippen MR) is 71.8 cm³/mol. The highest BCUT2D eigenvalue weighted by Gasteiger charge is 2.29. The Kier molecular flexibility index (Phi) is 4.31. The molecule has 1 N–H and O–H groups in total. The van der Waals surface area contributed by atoms with Crippen molar-refractivity contribution in [2.45, 2.75) is 38.0 Å². The Balaban J connectivity index is 1.91. The van der Waals surface area contributed by atoms with Crippen LogP contribution in [0.5, 0.6) is 0 Å². The monoisotopic (exact) mass is 273 g/mol. The minimum atomic E-state index is 0.285. The van der Waals surface area contributed by atoms with E-state index in [1.165, 1.54) is 5.56 Å². The van der Waals surface area contributed by atoms with Gasteiger partial charge in [-0.3, -0.25) is 0 Å². The fourth-order valence-electron chi connectivity index (χ4n) is 2.13. The number of hydrogen-bond acceptors (Lipinski definition) is 2. The average molecular weight is 274 g/mol. The van der Waals surface area contributed by atoms with E-state index in [1.807, 2.05) is 18.2 Å². The minimum Gasteiger partial charge on any atom is -0.381 e. The average Bonchev–Trinajstić information content (AvgIpc) is 2.26. The molecule has 1 saturated carbocycles. The van der Waals surface area contributed by atoms with E-state index in [0.717, 1.165) is 12.8 Å². The van der Waals surface area contributed by atoms with E-state index in [4.69, 9.17) is 27.9 Å². The number of ether oxygens (including phenoxy) is 1. The first-order valence-electron chi connectivity index (χ1n) is 5.84. The Hall–Kier alpha value is -0.280. The van der Waals surface area contributed by atoms with Gasteiger partial charge in [0.2, 0.25) is 0 Å². The molecule has 0 spiro atoms. The number of nitrogens with one attached hydrogen (secondary N) is 1. The van der Waals surface area contributed by atoms with Gasteiger partial charge in [0.05, 0.1) is 16.1 Å². The highest BCUT2D eigenvalue weighted by Crippen LogP contribution is 2.28. The summed E-state index contributed by atoms with van der Waals surface area (Å²) < 4.78 is 5.26. The number of benzene rings is 1. The van der Waals surface area contributed by atoms with E-state index in [1.54, 1.807) is 7.11 Å². The smallest absolute Gasteiger partial charge is 0.0601 e. The second-order valence-corrected chi connectivity index (χ2v) is 5.40. The quantitative estimate of drug-likeness (QED) is 0.901. The van der Waals surface area contributed by atoms with Crippen LogP contribution in [-0.2, 0) is 4.74 Å². The van der Waals surface area contributed by atoms with Crippen molar-refractivity contribution in [3.63, 3.8) is 0 Å². The predicted octanol–water partition coefficient (Wildman–Crippen LogP) is 3.82. The van der Waals surface area contributed by atoms with E-state index in [2.05, 4.69) is 12.2 Å². The third kappa shape index (κ3) is 3.14. The number of hydrogen-bond donors (Lipinski definition) is 1. The molecule has 0 aliphatic heterocycles. The second kappa shape index (κ2) is 5.57. The van der Waals surface area contributed by atoms with Crippen molar-refractivity contribution in [3.8, 4) is 0 Å². The molecule has 1 fully saturated rings. The van der Waals surface area contributed by atoms with E-state index in [-0.39, 0.29) is 6.04 Å². The van der Waals surface area contributed by atoms with Gasteiger partial charge >= 0.3 is 0 Å². The van der Waals surface area contributed by atoms with Crippen LogP contribution in [0, 0.1) is 0 Å². The standard InChI is InChI=1S/C13H17Cl2NO/c1-8(16-10-6-11(7-10)17-2)9-3-4-12(14)13(15)5-9/h3-5,8,10-11,16H,6-7H2,1-2H3. The largest absolute Gasteiger partial charge is 0.381 e. The van der Waals surface area contributed by atoms with Crippen molar-refractivity contribution < 1.29 is 4.74 Å². The van der Waals surface area contributed by atoms with Crippen molar-refractivity contribution in [2.75, 3.05) is 7.11 Å². The fourth-order valence-corrected chi connectivity index (χ4v) is 2.43. The zero-order valence-electron chi connectivity index (χ0n) is 10.0. The molecular formula is C13H17Cl2NO. The van der Waals surface area contributed by atoms with Gasteiger partial charge in [-0.2, -0.15) is 0 Å². The molecule has 1 aliphatic rings. The molecule has 94 valence electrons. The molecule has 17 heavy (non-hydrogen) atoms. The molecule has 0 bridgehead atoms. The lowest BCUT2D eigenvalue weighted by Gasteiger charge is -2.36. The maximum absolute atomic E-state index is 6.01. The lowest BCUT2D eigenvalue weighted by Crippen LogP contribution is -2.45. The molecule has 1 aromatic carbocycles. The van der Waals surface area contributed by atoms with Crippen molar-refractivity contribution in [1.29, 1.82) is 0 Å². The maximum Gasteiger partial charge on any atom is 0.0601 e. The van der Waals surface area contributed by atoms with Gasteiger partial charge in [0, 0.05) is 19.2 Å². The molecule has 0 amide bonds. The summed E-state index contributed by atoms with van der Waals surface area (Å²) in [5.41, 5.74) is 1.17. The summed E-state index contributed by atoms with van der Waals surface area (Å²) in [4.78, 5) is 0. The molecule has 2 rings (SSSR count). The van der Waals surface area contributed by atoms with Crippen LogP contribution in [0.15, 0.2) is 18.2 Å². The van der Waals surface area contributed by atoms with E-state index < -0.39 is 0 Å². The molecule has 0 heterocycles. The van der Waals surface area contributed by atoms with E-state index in [9.17, 15) is 0 Å². The van der Waals surface area contributed by atoms with Gasteiger partial charge in [-0.1, -0.05) is 29.3 Å². The van der Waals surface area contributed by atoms with Crippen LogP contribution < -0.4 is 5.32 Å². The van der Waals surface area contributed by atoms with Gasteiger partial charge in [-0.25, -0.2) is 0 Å². The van der Waals surface area contributed by atoms with Crippen LogP contribution in [0.3, 0.4) is 0 Å². The SMILES string of the molecule is COC1CC(NC(C)c2ccc(Cl)c(Cl)c2)C1. The van der Waals surface area contributed by atoms with Crippen molar-refractivity contribution >= 4 is 23.2 Å². The highest BCUT2D eigenvalue weighted by molar-refractivity contribution is 6.42. The van der Waals surface area contributed by atoms with Crippen LogP contribution in [-0.4, -0.2) is 19.3 Å². The first-order chi connectivity index (χ1) is 8.10. The lowest BCUT2D eigenvalue weighted by atomic mass is 9.88. The van der Waals surface area contributed by atoms with E-state index in [0.29, 0.717) is 22.2 Å². The topological polar surface area (TPSA) is 21.3 Å². The summed E-state index contributed by atoms with van der Waals surface area (Å²) in [7, 11) is 1.77. The maximum atomic E-state index is 6.01. The van der Waals surface area contributed by atoms with Crippen molar-refractivity contribution in [1.82, 2.24) is 5.32 Å². The molecule has 0 radical (unpaired) electrons. The molecule has 1 atom stereocenters. The number of rotatable bonds is 4. The number of halogens is 2. The zero-order valence-corrected chi connectivity index (χ0v) is 11.6. The zero-order chi connectivity index (χ0) is 12.4. The lowest BCUT2D eigenvalue weighted by molar-refractivity contribution is 0.0147. The van der Waals surface area contributed by atoms with Gasteiger partial charge in [-0.05, 0) is 37.5 Å². The Bertz CT molecular complexity index is 391. The van der Waals surface area contributed by atoms with Crippen LogP contribution in [0.4, 0.5) is 0 Å². The van der Waals surface area contributed by atoms with Crippen LogP contribution in [0.2, 0.25) is 10.0 Å². The summed E-state index contributed by atoms with van der Waals surface area (Å²) >= 11 is 11.9. The first kappa shape index (κ1) is 13.2. The molecular weight excluding hydrogens is 257 g/mol. The Morgan fingerprint density at radius 2 is 2.00 bits per heavy atom. The summed E-state index contributed by atoms with van der Waals surface area (Å²) in [5.74, 6) is 0. The summed E-state index contributed by atoms with van der Waals surface area (Å²) in [6.07, 6.45) is 2.60. The van der Waals surface area contributed by atoms with Gasteiger partial charge in [0.1, 0.15) is 0 Å². The highest BCUT2D eigenvalue weighted by atomic mass is 35.5. The van der Waals surface area contributed by atoms with Gasteiger partial charge < -0.3 is 10.1 Å². The Labute approximate surface area is 112 Å². The molecule has 1 aliphatic carbocycles. The summed E-state index contributed by atoms with van der Waals surface area (Å²) in [5, 5.41) is 4.78. The summed E-state index contributed by atoms with van der Waals surface area (Å²) in [6, 6.07) is 6.61. The molecule has 1 aromatic rings. The normalized spacial score (nSPS) is 25.4. The van der Waals surface area contributed by atoms with Crippen LogP contribution >= 0.6 is 23.2 Å². The summed E-state index contributed by atoms with van der Waals surface area (Å²) in [6.45, 7) is 2.14. The van der Waals surface area contributed by atoms with Gasteiger partial charge in [0.15, 0.2) is 0 Å². The minimum absolute atomic E-state index is 0.285. The molecule has 2 nitrogen and oxygen atoms in total. The van der Waals surface area contributed by atoms with Crippen molar-refractivity contribution in [3.05, 3.63) is 33.8 Å². The Morgan fingerprint density at radius 1 is 1.29 bits per heavy atom. The third-order valence-corrected chi connectivity index (χ3v) is 4.10. The van der Waals surface area contributed by atoms with Crippen molar-refractivity contribution in [2.24, 2.45) is 0 Å². The van der Waals surface area contributed by atoms with E-state index >= 15 is 0 Å². The third-order valence-electron chi connectivity index (χ3n) is 3.36. The molecule has 1 unspecified atom stereocenters. The Morgan fingerprint density at radius 3 is 2.59 bits per heavy atom. The van der Waals surface area contributed by atoms with Crippen LogP contribution in [0.25, 0.3) is 0 Å². The van der Waals surface area contributed by atoms with Crippen LogP contribution in [0.1, 0.15) is 31.4 Å². The molecule has 4 heteroatoms. The molecule has 0 saturated heterocycles. The fraction of sp³-hybridized carbons (Fsp3) is 0.538. The first-order valence-corrected chi connectivity index (χ1v) is 6.59. The van der Waals surface area contributed by atoms with Gasteiger partial charge in [-0.15, -0.1) is 0 Å². The second-order valence-electron chi connectivity index (χ2n) is 4.59. The van der Waals surface area contributed by atoms with Gasteiger partial charge in [0.25, 0.3) is 0 Å².